The second-order valence-corrected chi connectivity index (χ2v) is 7.94. The Morgan fingerprint density at radius 3 is 2.50 bits per heavy atom. The van der Waals surface area contributed by atoms with Crippen LogP contribution in [0.25, 0.3) is 21.8 Å². The van der Waals surface area contributed by atoms with Gasteiger partial charge >= 0.3 is 0 Å². The largest absolute Gasteiger partial charge is 0.298 e. The number of rotatable bonds is 5. The van der Waals surface area contributed by atoms with Gasteiger partial charge in [-0.2, -0.15) is 5.10 Å². The maximum Gasteiger partial charge on any atom is 0.264 e. The molecule has 0 aliphatic rings. The van der Waals surface area contributed by atoms with Crippen molar-refractivity contribution in [2.24, 2.45) is 0 Å². The minimum Gasteiger partial charge on any atom is -0.298 e. The normalized spacial score (nSPS) is 10.9. The van der Waals surface area contributed by atoms with Crippen LogP contribution in [0.1, 0.15) is 35.7 Å². The van der Waals surface area contributed by atoms with Crippen LogP contribution < -0.4 is 10.9 Å². The molecule has 2 N–H and O–H groups in total. The van der Waals surface area contributed by atoms with E-state index in [9.17, 15) is 9.59 Å². The number of hydrogen-bond acceptors (Lipinski definition) is 6. The summed E-state index contributed by atoms with van der Waals surface area (Å²) in [5.41, 5.74) is 3.33. The fourth-order valence-corrected chi connectivity index (χ4v) is 4.03. The smallest absolute Gasteiger partial charge is 0.264 e. The van der Waals surface area contributed by atoms with Gasteiger partial charge in [0.15, 0.2) is 5.13 Å². The lowest BCUT2D eigenvalue weighted by molar-refractivity contribution is 0.102. The molecule has 0 saturated heterocycles. The molecule has 8 heteroatoms. The lowest BCUT2D eigenvalue weighted by Crippen LogP contribution is -2.11. The molecule has 3 heterocycles. The summed E-state index contributed by atoms with van der Waals surface area (Å²) in [5.74, 6) is -0.175. The van der Waals surface area contributed by atoms with E-state index < -0.39 is 0 Å². The SMILES string of the molecule is CC(C)c1cc(=O)[nH]nc1-c1sc(NC(=O)c2ccncc2)nc1-c1ccccc1. The van der Waals surface area contributed by atoms with E-state index >= 15 is 0 Å². The minimum absolute atomic E-state index is 0.0929. The molecule has 4 rings (SSSR count). The number of amides is 1. The first-order chi connectivity index (χ1) is 14.5. The van der Waals surface area contributed by atoms with Gasteiger partial charge in [-0.3, -0.25) is 19.9 Å². The monoisotopic (exact) mass is 417 g/mol. The van der Waals surface area contributed by atoms with Gasteiger partial charge in [0.05, 0.1) is 10.6 Å². The molecular formula is C22H19N5O2S. The van der Waals surface area contributed by atoms with Gasteiger partial charge in [0.2, 0.25) is 0 Å². The van der Waals surface area contributed by atoms with E-state index in [0.717, 1.165) is 16.0 Å². The third-order valence-corrected chi connectivity index (χ3v) is 5.49. The molecule has 0 saturated carbocycles. The number of H-pyrrole nitrogens is 1. The Morgan fingerprint density at radius 1 is 1.07 bits per heavy atom. The summed E-state index contributed by atoms with van der Waals surface area (Å²) >= 11 is 1.32. The Balaban J connectivity index is 1.82. The van der Waals surface area contributed by atoms with Crippen molar-refractivity contribution in [3.8, 4) is 21.8 Å². The number of anilines is 1. The summed E-state index contributed by atoms with van der Waals surface area (Å²) in [6.45, 7) is 4.02. The number of nitrogens with one attached hydrogen (secondary N) is 2. The van der Waals surface area contributed by atoms with Gasteiger partial charge in [-0.1, -0.05) is 55.5 Å². The van der Waals surface area contributed by atoms with Crippen LogP contribution in [0.3, 0.4) is 0 Å². The van der Waals surface area contributed by atoms with E-state index in [0.29, 0.717) is 22.1 Å². The summed E-state index contributed by atoms with van der Waals surface area (Å²) in [4.78, 5) is 33.8. The average molecular weight is 417 g/mol. The maximum absolute atomic E-state index is 12.6. The van der Waals surface area contributed by atoms with E-state index in [2.05, 4.69) is 25.5 Å². The number of aromatic amines is 1. The predicted molar refractivity (Wildman–Crippen MR) is 118 cm³/mol. The number of nitrogens with zero attached hydrogens (tertiary/aromatic N) is 3. The molecule has 0 unspecified atom stereocenters. The number of thiazole rings is 1. The highest BCUT2D eigenvalue weighted by Crippen LogP contribution is 2.40. The van der Waals surface area contributed by atoms with Crippen molar-refractivity contribution >= 4 is 22.4 Å². The lowest BCUT2D eigenvalue weighted by atomic mass is 10.00. The van der Waals surface area contributed by atoms with Gasteiger partial charge < -0.3 is 0 Å². The van der Waals surface area contributed by atoms with Crippen LogP contribution in [0, 0.1) is 0 Å². The number of hydrogen-bond donors (Lipinski definition) is 2. The third-order valence-electron chi connectivity index (χ3n) is 4.51. The Labute approximate surface area is 176 Å². The molecule has 150 valence electrons. The van der Waals surface area contributed by atoms with Crippen molar-refractivity contribution in [2.75, 3.05) is 5.32 Å². The summed E-state index contributed by atoms with van der Waals surface area (Å²) in [7, 11) is 0. The highest BCUT2D eigenvalue weighted by molar-refractivity contribution is 7.19. The molecule has 1 amide bonds. The number of carbonyl (C=O) groups is 1. The Morgan fingerprint density at radius 2 is 1.80 bits per heavy atom. The van der Waals surface area contributed by atoms with Gasteiger partial charge in [-0.15, -0.1) is 0 Å². The number of pyridine rings is 1. The van der Waals surface area contributed by atoms with Crippen molar-refractivity contribution in [1.82, 2.24) is 20.2 Å². The third kappa shape index (κ3) is 4.04. The molecule has 0 spiro atoms. The minimum atomic E-state index is -0.268. The predicted octanol–water partition coefficient (Wildman–Crippen LogP) is 4.33. The number of carbonyl (C=O) groups excluding carboxylic acids is 1. The first-order valence-electron chi connectivity index (χ1n) is 9.40. The quantitative estimate of drug-likeness (QED) is 0.503. The fourth-order valence-electron chi connectivity index (χ4n) is 3.04. The highest BCUT2D eigenvalue weighted by Gasteiger charge is 2.21. The van der Waals surface area contributed by atoms with Gasteiger partial charge in [0.25, 0.3) is 11.5 Å². The van der Waals surface area contributed by atoms with Crippen molar-refractivity contribution < 1.29 is 4.79 Å². The number of benzene rings is 1. The standard InChI is InChI=1S/C22H19N5O2S/c1-13(2)16-12-17(28)26-27-19(16)20-18(14-6-4-3-5-7-14)24-22(30-20)25-21(29)15-8-10-23-11-9-15/h3-13H,1-2H3,(H,26,28)(H,24,25,29). The Bertz CT molecular complexity index is 1230. The molecule has 0 aliphatic heterocycles. The van der Waals surface area contributed by atoms with Crippen LogP contribution in [0.5, 0.6) is 0 Å². The highest BCUT2D eigenvalue weighted by atomic mass is 32.1. The zero-order valence-electron chi connectivity index (χ0n) is 16.4. The van der Waals surface area contributed by atoms with Crippen LogP contribution >= 0.6 is 11.3 Å². The second kappa shape index (κ2) is 8.38. The van der Waals surface area contributed by atoms with E-state index in [1.807, 2.05) is 44.2 Å². The van der Waals surface area contributed by atoms with E-state index in [1.54, 1.807) is 30.6 Å². The van der Waals surface area contributed by atoms with Gasteiger partial charge in [-0.25, -0.2) is 10.1 Å². The Hall–Kier alpha value is -3.65. The molecule has 7 nitrogen and oxygen atoms in total. The van der Waals surface area contributed by atoms with Crippen molar-refractivity contribution in [1.29, 1.82) is 0 Å². The summed E-state index contributed by atoms with van der Waals surface area (Å²) in [5, 5.41) is 10.2. The van der Waals surface area contributed by atoms with Crippen LogP contribution in [-0.4, -0.2) is 26.1 Å². The zero-order valence-corrected chi connectivity index (χ0v) is 17.2. The van der Waals surface area contributed by atoms with Crippen LogP contribution in [0.4, 0.5) is 5.13 Å². The van der Waals surface area contributed by atoms with Crippen LogP contribution in [0.2, 0.25) is 0 Å². The molecule has 0 radical (unpaired) electrons. The lowest BCUT2D eigenvalue weighted by Gasteiger charge is -2.10. The van der Waals surface area contributed by atoms with E-state index in [4.69, 9.17) is 0 Å². The van der Waals surface area contributed by atoms with Crippen molar-refractivity contribution in [3.63, 3.8) is 0 Å². The molecule has 30 heavy (non-hydrogen) atoms. The second-order valence-electron chi connectivity index (χ2n) is 6.94. The van der Waals surface area contributed by atoms with Crippen LogP contribution in [0.15, 0.2) is 65.7 Å². The fraction of sp³-hybridized carbons (Fsp3) is 0.136. The van der Waals surface area contributed by atoms with Gasteiger partial charge in [0.1, 0.15) is 5.69 Å². The summed E-state index contributed by atoms with van der Waals surface area (Å²) < 4.78 is 0. The van der Waals surface area contributed by atoms with E-state index in [1.165, 1.54) is 11.3 Å². The first-order valence-corrected chi connectivity index (χ1v) is 10.2. The molecule has 3 aromatic heterocycles. The molecule has 0 fully saturated rings. The summed E-state index contributed by atoms with van der Waals surface area (Å²) in [6, 6.07) is 14.5. The molecule has 0 atom stereocenters. The Kier molecular flexibility index (Phi) is 5.49. The van der Waals surface area contributed by atoms with E-state index in [-0.39, 0.29) is 17.4 Å². The van der Waals surface area contributed by atoms with Gasteiger partial charge in [0, 0.05) is 29.6 Å². The molecule has 4 aromatic rings. The number of aromatic nitrogens is 4. The molecule has 0 aliphatic carbocycles. The molecule has 1 aromatic carbocycles. The molecular weight excluding hydrogens is 398 g/mol. The molecule has 0 bridgehead atoms. The first kappa shape index (κ1) is 19.7. The topological polar surface area (TPSA) is 101 Å². The maximum atomic E-state index is 12.6. The average Bonchev–Trinajstić information content (AvgIpc) is 3.18. The van der Waals surface area contributed by atoms with Crippen molar-refractivity contribution in [3.05, 3.63) is 82.4 Å². The van der Waals surface area contributed by atoms with Gasteiger partial charge in [-0.05, 0) is 23.6 Å². The zero-order chi connectivity index (χ0) is 21.1. The van der Waals surface area contributed by atoms with Crippen molar-refractivity contribution in [2.45, 2.75) is 19.8 Å². The van der Waals surface area contributed by atoms with Crippen LogP contribution in [-0.2, 0) is 0 Å². The summed E-state index contributed by atoms with van der Waals surface area (Å²) in [6.07, 6.45) is 3.13.